The van der Waals surface area contributed by atoms with Gasteiger partial charge in [0.1, 0.15) is 0 Å². The molecular formula is C21H26N2O4. The van der Waals surface area contributed by atoms with Crippen LogP contribution in [0.1, 0.15) is 32.6 Å². The third-order valence-corrected chi connectivity index (χ3v) is 3.87. The molecule has 2 rings (SSSR count). The number of ether oxygens (including phenoxy) is 2. The fourth-order valence-electron chi connectivity index (χ4n) is 2.51. The molecule has 0 radical (unpaired) electrons. The zero-order chi connectivity index (χ0) is 19.5. The quantitative estimate of drug-likeness (QED) is 0.614. The minimum atomic E-state index is -0.299. The predicted molar refractivity (Wildman–Crippen MR) is 106 cm³/mol. The van der Waals surface area contributed by atoms with Crippen molar-refractivity contribution in [2.45, 2.75) is 32.6 Å². The van der Waals surface area contributed by atoms with Crippen molar-refractivity contribution in [3.05, 3.63) is 48.5 Å². The molecule has 0 aromatic heterocycles. The molecule has 0 aliphatic heterocycles. The Morgan fingerprint density at radius 1 is 0.889 bits per heavy atom. The smallest absolute Gasteiger partial charge is 0.262 e. The van der Waals surface area contributed by atoms with Crippen molar-refractivity contribution in [1.82, 2.24) is 0 Å². The zero-order valence-corrected chi connectivity index (χ0v) is 15.8. The first-order valence-electron chi connectivity index (χ1n) is 9.08. The van der Waals surface area contributed by atoms with Gasteiger partial charge in [-0.25, -0.2) is 0 Å². The summed E-state index contributed by atoms with van der Waals surface area (Å²) in [6, 6.07) is 14.2. The van der Waals surface area contributed by atoms with E-state index in [-0.39, 0.29) is 18.4 Å². The van der Waals surface area contributed by atoms with Gasteiger partial charge in [0.25, 0.3) is 5.91 Å². The van der Waals surface area contributed by atoms with Crippen molar-refractivity contribution in [2.24, 2.45) is 0 Å². The number of anilines is 2. The second-order valence-electron chi connectivity index (χ2n) is 6.07. The highest BCUT2D eigenvalue weighted by molar-refractivity contribution is 5.94. The molecule has 0 heterocycles. The number of carbonyl (C=O) groups is 2. The molecule has 0 saturated carbocycles. The van der Waals surface area contributed by atoms with Crippen LogP contribution < -0.4 is 20.1 Å². The summed E-state index contributed by atoms with van der Waals surface area (Å²) in [5.41, 5.74) is 1.25. The standard InChI is InChI=1S/C21H26N2O4/c1-3-4-5-13-20(24)22-16-9-8-10-17(14-16)23-21(25)15-27-19-12-7-6-11-18(19)26-2/h6-12,14H,3-5,13,15H2,1-2H3,(H,22,24)(H,23,25). The summed E-state index contributed by atoms with van der Waals surface area (Å²) < 4.78 is 10.7. The van der Waals surface area contributed by atoms with E-state index in [9.17, 15) is 9.59 Å². The zero-order valence-electron chi connectivity index (χ0n) is 15.8. The molecule has 0 spiro atoms. The number of hydrogen-bond acceptors (Lipinski definition) is 4. The largest absolute Gasteiger partial charge is 0.493 e. The van der Waals surface area contributed by atoms with Gasteiger partial charge in [0.15, 0.2) is 18.1 Å². The van der Waals surface area contributed by atoms with Crippen molar-refractivity contribution in [3.8, 4) is 11.5 Å². The second kappa shape index (κ2) is 10.9. The Bertz CT molecular complexity index is 761. The summed E-state index contributed by atoms with van der Waals surface area (Å²) in [7, 11) is 1.55. The summed E-state index contributed by atoms with van der Waals surface area (Å²) in [4.78, 5) is 24.0. The molecule has 0 aliphatic carbocycles. The van der Waals surface area contributed by atoms with Gasteiger partial charge in [0, 0.05) is 17.8 Å². The number of carbonyl (C=O) groups excluding carboxylic acids is 2. The number of benzene rings is 2. The molecule has 27 heavy (non-hydrogen) atoms. The lowest BCUT2D eigenvalue weighted by atomic mass is 10.2. The lowest BCUT2D eigenvalue weighted by Gasteiger charge is -2.11. The minimum absolute atomic E-state index is 0.0218. The van der Waals surface area contributed by atoms with Crippen molar-refractivity contribution in [1.29, 1.82) is 0 Å². The third-order valence-electron chi connectivity index (χ3n) is 3.87. The van der Waals surface area contributed by atoms with E-state index in [1.807, 2.05) is 12.1 Å². The topological polar surface area (TPSA) is 76.7 Å². The number of rotatable bonds is 10. The van der Waals surface area contributed by atoms with E-state index in [2.05, 4.69) is 17.6 Å². The summed E-state index contributed by atoms with van der Waals surface area (Å²) in [6.45, 7) is 1.95. The number of methoxy groups -OCH3 is 1. The molecule has 0 unspecified atom stereocenters. The Morgan fingerprint density at radius 3 is 2.22 bits per heavy atom. The maximum atomic E-state index is 12.1. The highest BCUT2D eigenvalue weighted by Gasteiger charge is 2.08. The molecule has 6 nitrogen and oxygen atoms in total. The molecule has 2 amide bonds. The summed E-state index contributed by atoms with van der Waals surface area (Å²) in [5.74, 6) is 0.750. The predicted octanol–water partition coefficient (Wildman–Crippen LogP) is 4.23. The van der Waals surface area contributed by atoms with Crippen LogP contribution in [-0.4, -0.2) is 25.5 Å². The molecule has 2 N–H and O–H groups in total. The van der Waals surface area contributed by atoms with Crippen LogP contribution in [0.4, 0.5) is 11.4 Å². The molecule has 0 atom stereocenters. The Morgan fingerprint density at radius 2 is 1.56 bits per heavy atom. The van der Waals surface area contributed by atoms with Crippen LogP contribution in [0.3, 0.4) is 0 Å². The Hall–Kier alpha value is -3.02. The van der Waals surface area contributed by atoms with Gasteiger partial charge in [0.05, 0.1) is 7.11 Å². The van der Waals surface area contributed by atoms with Crippen molar-refractivity contribution >= 4 is 23.2 Å². The van der Waals surface area contributed by atoms with Gasteiger partial charge in [0.2, 0.25) is 5.91 Å². The van der Waals surface area contributed by atoms with Crippen molar-refractivity contribution in [2.75, 3.05) is 24.4 Å². The fraction of sp³-hybridized carbons (Fsp3) is 0.333. The average molecular weight is 370 g/mol. The van der Waals surface area contributed by atoms with Gasteiger partial charge in [-0.1, -0.05) is 38.0 Å². The van der Waals surface area contributed by atoms with E-state index in [0.29, 0.717) is 29.3 Å². The van der Waals surface area contributed by atoms with Gasteiger partial charge < -0.3 is 20.1 Å². The van der Waals surface area contributed by atoms with Crippen molar-refractivity contribution in [3.63, 3.8) is 0 Å². The van der Waals surface area contributed by atoms with Crippen LogP contribution in [0.15, 0.2) is 48.5 Å². The highest BCUT2D eigenvalue weighted by atomic mass is 16.5. The van der Waals surface area contributed by atoms with Crippen LogP contribution in [0, 0.1) is 0 Å². The lowest BCUT2D eigenvalue weighted by molar-refractivity contribution is -0.118. The monoisotopic (exact) mass is 370 g/mol. The lowest BCUT2D eigenvalue weighted by Crippen LogP contribution is -2.20. The second-order valence-corrected chi connectivity index (χ2v) is 6.07. The first-order valence-corrected chi connectivity index (χ1v) is 9.08. The van der Waals surface area contributed by atoms with E-state index in [0.717, 1.165) is 19.3 Å². The summed E-state index contributed by atoms with van der Waals surface area (Å²) in [6.07, 6.45) is 3.48. The summed E-state index contributed by atoms with van der Waals surface area (Å²) in [5, 5.41) is 5.61. The van der Waals surface area contributed by atoms with Gasteiger partial charge in [-0.2, -0.15) is 0 Å². The first-order chi connectivity index (χ1) is 13.1. The Balaban J connectivity index is 1.86. The van der Waals surface area contributed by atoms with Crippen LogP contribution in [-0.2, 0) is 9.59 Å². The molecule has 144 valence electrons. The number of para-hydroxylation sites is 2. The van der Waals surface area contributed by atoms with E-state index in [4.69, 9.17) is 9.47 Å². The van der Waals surface area contributed by atoms with Crippen molar-refractivity contribution < 1.29 is 19.1 Å². The van der Waals surface area contributed by atoms with E-state index < -0.39 is 0 Å². The molecule has 0 aliphatic rings. The van der Waals surface area contributed by atoms with E-state index >= 15 is 0 Å². The number of unbranched alkanes of at least 4 members (excludes halogenated alkanes) is 2. The molecule has 0 fully saturated rings. The average Bonchev–Trinajstić information content (AvgIpc) is 2.67. The first kappa shape index (κ1) is 20.3. The molecule has 6 heteroatoms. The Kier molecular flexibility index (Phi) is 8.16. The molecule has 0 saturated heterocycles. The SMILES string of the molecule is CCCCCC(=O)Nc1cccc(NC(=O)COc2ccccc2OC)c1. The van der Waals surface area contributed by atoms with Gasteiger partial charge in [-0.05, 0) is 36.8 Å². The van der Waals surface area contributed by atoms with Crippen LogP contribution in [0.25, 0.3) is 0 Å². The molecule has 2 aromatic carbocycles. The maximum Gasteiger partial charge on any atom is 0.262 e. The maximum absolute atomic E-state index is 12.1. The van der Waals surface area contributed by atoms with Crippen LogP contribution in [0.5, 0.6) is 11.5 Å². The third kappa shape index (κ3) is 7.01. The van der Waals surface area contributed by atoms with Gasteiger partial charge in [-0.3, -0.25) is 9.59 Å². The number of nitrogens with one attached hydrogen (secondary N) is 2. The van der Waals surface area contributed by atoms with Gasteiger partial charge >= 0.3 is 0 Å². The van der Waals surface area contributed by atoms with Gasteiger partial charge in [-0.15, -0.1) is 0 Å². The highest BCUT2D eigenvalue weighted by Crippen LogP contribution is 2.25. The van der Waals surface area contributed by atoms with Crippen LogP contribution >= 0.6 is 0 Å². The fourth-order valence-corrected chi connectivity index (χ4v) is 2.51. The number of amides is 2. The minimum Gasteiger partial charge on any atom is -0.493 e. The molecule has 2 aromatic rings. The molecular weight excluding hydrogens is 344 g/mol. The summed E-state index contributed by atoms with van der Waals surface area (Å²) >= 11 is 0. The van der Waals surface area contributed by atoms with Crippen LogP contribution in [0.2, 0.25) is 0 Å². The molecule has 0 bridgehead atoms. The number of hydrogen-bond donors (Lipinski definition) is 2. The normalized spacial score (nSPS) is 10.1. The van der Waals surface area contributed by atoms with E-state index in [1.165, 1.54) is 0 Å². The Labute approximate surface area is 159 Å². The van der Waals surface area contributed by atoms with E-state index in [1.54, 1.807) is 43.5 Å².